The molecule has 0 bridgehead atoms. The smallest absolute Gasteiger partial charge is 0.475 e. The summed E-state index contributed by atoms with van der Waals surface area (Å²) in [7, 11) is 3.52. The lowest BCUT2D eigenvalue weighted by atomic mass is 10.0. The summed E-state index contributed by atoms with van der Waals surface area (Å²) in [4.78, 5) is 45.3. The van der Waals surface area contributed by atoms with E-state index in [9.17, 15) is 22.8 Å². The van der Waals surface area contributed by atoms with Gasteiger partial charge in [-0.3, -0.25) is 14.6 Å². The number of anilines is 1. The molecule has 1 saturated heterocycles. The number of alkyl halides is 3. The summed E-state index contributed by atoms with van der Waals surface area (Å²) in [6.45, 7) is 3.53. The van der Waals surface area contributed by atoms with Crippen molar-refractivity contribution in [3.8, 4) is 11.3 Å². The standard InChI is InChI=1S/C27H29N5O3.C2HF3O2/c1-31(2)27(34)20-4-3-18(25(16-20)32-11-13-35-14-12-32)5-6-21-15-19(7-9-28-21)24-17-22-23(30-24)8-10-29-26(22)33;3-2(4,5)1(6)7/h3-7,9,15-17,30H,8,10-14H2,1-2H3,(H,29,33);(H,6,7). The number of carbonyl (C=O) groups excluding carboxylic acids is 2. The van der Waals surface area contributed by atoms with E-state index in [1.807, 2.05) is 48.6 Å². The van der Waals surface area contributed by atoms with Crippen molar-refractivity contribution < 1.29 is 37.4 Å². The van der Waals surface area contributed by atoms with Crippen LogP contribution in [0.5, 0.6) is 0 Å². The average Bonchev–Trinajstić information content (AvgIpc) is 3.42. The number of carboxylic acids is 1. The number of hydrogen-bond acceptors (Lipinski definition) is 6. The normalized spacial score (nSPS) is 15.0. The minimum Gasteiger partial charge on any atom is -0.475 e. The molecule has 0 spiro atoms. The number of benzene rings is 1. The van der Waals surface area contributed by atoms with Gasteiger partial charge in [0.05, 0.1) is 24.5 Å². The Bertz CT molecular complexity index is 1490. The third kappa shape index (κ3) is 7.35. The number of nitrogens with one attached hydrogen (secondary N) is 2. The number of amides is 2. The van der Waals surface area contributed by atoms with Gasteiger partial charge in [-0.05, 0) is 42.0 Å². The zero-order valence-electron chi connectivity index (χ0n) is 23.0. The molecule has 2 aliphatic rings. The number of morpholine rings is 1. The highest BCUT2D eigenvalue weighted by Crippen LogP contribution is 2.28. The Labute approximate surface area is 239 Å². The Morgan fingerprint density at radius 2 is 1.81 bits per heavy atom. The van der Waals surface area contributed by atoms with E-state index in [4.69, 9.17) is 14.6 Å². The first kappa shape index (κ1) is 30.3. The van der Waals surface area contributed by atoms with Crippen molar-refractivity contribution in [1.82, 2.24) is 20.2 Å². The van der Waals surface area contributed by atoms with Crippen LogP contribution < -0.4 is 10.2 Å². The van der Waals surface area contributed by atoms with E-state index in [0.717, 1.165) is 53.4 Å². The number of aliphatic carboxylic acids is 1. The Morgan fingerprint density at radius 1 is 1.10 bits per heavy atom. The molecule has 2 aromatic heterocycles. The molecule has 10 nitrogen and oxygen atoms in total. The maximum absolute atomic E-state index is 12.6. The van der Waals surface area contributed by atoms with E-state index >= 15 is 0 Å². The highest BCUT2D eigenvalue weighted by molar-refractivity contribution is 5.98. The van der Waals surface area contributed by atoms with Crippen LogP contribution in [0.25, 0.3) is 23.4 Å². The number of aromatic nitrogens is 2. The van der Waals surface area contributed by atoms with Gasteiger partial charge in [0.1, 0.15) is 0 Å². The molecule has 2 amide bonds. The predicted octanol–water partition coefficient (Wildman–Crippen LogP) is 3.70. The van der Waals surface area contributed by atoms with Gasteiger partial charge in [-0.1, -0.05) is 12.1 Å². The van der Waals surface area contributed by atoms with Crippen molar-refractivity contribution in [1.29, 1.82) is 0 Å². The van der Waals surface area contributed by atoms with Gasteiger partial charge in [0.15, 0.2) is 0 Å². The Balaban J connectivity index is 0.000000517. The number of pyridine rings is 1. The second-order valence-corrected chi connectivity index (χ2v) is 9.76. The second-order valence-electron chi connectivity index (χ2n) is 9.76. The molecule has 1 fully saturated rings. The number of nitrogens with zero attached hydrogens (tertiary/aromatic N) is 3. The Hall–Kier alpha value is -4.65. The van der Waals surface area contributed by atoms with Crippen LogP contribution in [0.4, 0.5) is 18.9 Å². The highest BCUT2D eigenvalue weighted by Gasteiger charge is 2.38. The minimum absolute atomic E-state index is 0.0215. The molecule has 222 valence electrons. The van der Waals surface area contributed by atoms with Gasteiger partial charge in [-0.2, -0.15) is 13.2 Å². The zero-order chi connectivity index (χ0) is 30.4. The van der Waals surface area contributed by atoms with Crippen molar-refractivity contribution >= 4 is 35.6 Å². The number of hydrogen-bond donors (Lipinski definition) is 3. The Kier molecular flexibility index (Phi) is 9.31. The number of H-pyrrole nitrogens is 1. The maximum atomic E-state index is 12.6. The van der Waals surface area contributed by atoms with Gasteiger partial charge < -0.3 is 29.9 Å². The van der Waals surface area contributed by atoms with Crippen molar-refractivity contribution in [2.75, 3.05) is 51.8 Å². The molecule has 1 aromatic carbocycles. The molecule has 2 aliphatic heterocycles. The van der Waals surface area contributed by atoms with Gasteiger partial charge in [0.25, 0.3) is 11.8 Å². The van der Waals surface area contributed by atoms with E-state index in [1.165, 1.54) is 0 Å². The zero-order valence-corrected chi connectivity index (χ0v) is 23.0. The summed E-state index contributed by atoms with van der Waals surface area (Å²) in [6.07, 6.45) is 1.51. The fourth-order valence-electron chi connectivity index (χ4n) is 4.49. The van der Waals surface area contributed by atoms with Crippen LogP contribution in [0, 0.1) is 0 Å². The van der Waals surface area contributed by atoms with Crippen molar-refractivity contribution in [2.24, 2.45) is 0 Å². The van der Waals surface area contributed by atoms with Crippen LogP contribution in [-0.2, 0) is 16.0 Å². The van der Waals surface area contributed by atoms with Gasteiger partial charge >= 0.3 is 12.1 Å². The fraction of sp³-hybridized carbons (Fsp3) is 0.310. The van der Waals surface area contributed by atoms with Crippen LogP contribution >= 0.6 is 0 Å². The molecule has 0 unspecified atom stereocenters. The third-order valence-corrected chi connectivity index (χ3v) is 6.61. The number of carboxylic acid groups (broad SMARTS) is 1. The minimum atomic E-state index is -5.08. The van der Waals surface area contributed by atoms with E-state index in [-0.39, 0.29) is 11.8 Å². The van der Waals surface area contributed by atoms with E-state index in [0.29, 0.717) is 30.9 Å². The number of ether oxygens (including phenoxy) is 1. The van der Waals surface area contributed by atoms with Gasteiger partial charge in [-0.15, -0.1) is 0 Å². The van der Waals surface area contributed by atoms with Crippen molar-refractivity contribution in [3.05, 3.63) is 70.7 Å². The number of halogens is 3. The Morgan fingerprint density at radius 3 is 2.45 bits per heavy atom. The van der Waals surface area contributed by atoms with Crippen LogP contribution in [0.1, 0.15) is 37.7 Å². The molecule has 0 aliphatic carbocycles. The SMILES string of the molecule is CN(C)C(=O)c1ccc(C=Cc2cc(-c3cc4c([nH]3)CCNC4=O)ccn2)c(N2CCOCC2)c1.O=C(O)C(F)(F)F. The second kappa shape index (κ2) is 12.9. The summed E-state index contributed by atoms with van der Waals surface area (Å²) in [5.74, 6) is -2.81. The molecule has 5 rings (SSSR count). The van der Waals surface area contributed by atoms with E-state index < -0.39 is 12.1 Å². The van der Waals surface area contributed by atoms with E-state index in [2.05, 4.69) is 20.2 Å². The first-order valence-corrected chi connectivity index (χ1v) is 13.1. The molecule has 3 N–H and O–H groups in total. The fourth-order valence-corrected chi connectivity index (χ4v) is 4.49. The lowest BCUT2D eigenvalue weighted by Gasteiger charge is -2.30. The van der Waals surface area contributed by atoms with Gasteiger partial charge in [-0.25, -0.2) is 4.79 Å². The number of carbonyl (C=O) groups is 3. The summed E-state index contributed by atoms with van der Waals surface area (Å²) in [5, 5.41) is 10.0. The first-order valence-electron chi connectivity index (χ1n) is 13.1. The summed E-state index contributed by atoms with van der Waals surface area (Å²) < 4.78 is 37.3. The monoisotopic (exact) mass is 585 g/mol. The molecule has 42 heavy (non-hydrogen) atoms. The van der Waals surface area contributed by atoms with Gasteiger partial charge in [0.2, 0.25) is 0 Å². The molecule has 3 aromatic rings. The quantitative estimate of drug-likeness (QED) is 0.417. The molecule has 4 heterocycles. The number of rotatable bonds is 5. The van der Waals surface area contributed by atoms with Crippen LogP contribution in [0.2, 0.25) is 0 Å². The number of fused-ring (bicyclic) bond motifs is 1. The number of aromatic amines is 1. The van der Waals surface area contributed by atoms with Crippen LogP contribution in [0.15, 0.2) is 42.6 Å². The van der Waals surface area contributed by atoms with E-state index in [1.54, 1.807) is 25.2 Å². The topological polar surface area (TPSA) is 128 Å². The summed E-state index contributed by atoms with van der Waals surface area (Å²) >= 11 is 0. The molecule has 0 radical (unpaired) electrons. The molecule has 0 atom stereocenters. The van der Waals surface area contributed by atoms with Crippen LogP contribution in [0.3, 0.4) is 0 Å². The first-order chi connectivity index (χ1) is 19.9. The van der Waals surface area contributed by atoms with Crippen molar-refractivity contribution in [3.63, 3.8) is 0 Å². The predicted molar refractivity (Wildman–Crippen MR) is 150 cm³/mol. The third-order valence-electron chi connectivity index (χ3n) is 6.61. The van der Waals surface area contributed by atoms with Crippen molar-refractivity contribution in [2.45, 2.75) is 12.6 Å². The summed E-state index contributed by atoms with van der Waals surface area (Å²) in [6, 6.07) is 11.7. The van der Waals surface area contributed by atoms with Crippen LogP contribution in [-0.4, -0.2) is 90.9 Å². The molecule has 13 heteroatoms. The molecule has 0 saturated carbocycles. The highest BCUT2D eigenvalue weighted by atomic mass is 19.4. The molecular weight excluding hydrogens is 555 g/mol. The largest absolute Gasteiger partial charge is 0.490 e. The summed E-state index contributed by atoms with van der Waals surface area (Å²) in [5.41, 5.74) is 7.06. The molecular formula is C29H30F3N5O5. The lowest BCUT2D eigenvalue weighted by Crippen LogP contribution is -2.36. The maximum Gasteiger partial charge on any atom is 0.490 e. The lowest BCUT2D eigenvalue weighted by molar-refractivity contribution is -0.192. The average molecular weight is 586 g/mol. The van der Waals surface area contributed by atoms with Gasteiger partial charge in [0, 0.05) is 74.5 Å².